The van der Waals surface area contributed by atoms with Crippen LogP contribution in [0.1, 0.15) is 13.3 Å². The third kappa shape index (κ3) is 2.37. The molecule has 0 saturated carbocycles. The first-order valence-corrected chi connectivity index (χ1v) is 8.51. The quantitative estimate of drug-likeness (QED) is 0.702. The van der Waals surface area contributed by atoms with Crippen LogP contribution in [-0.4, -0.2) is 31.0 Å². The van der Waals surface area contributed by atoms with Gasteiger partial charge in [0.05, 0.1) is 6.54 Å². The maximum absolute atomic E-state index is 12.9. The predicted molar refractivity (Wildman–Crippen MR) is 98.0 cm³/mol. The first kappa shape index (κ1) is 16.3. The zero-order chi connectivity index (χ0) is 18.4. The topological polar surface area (TPSA) is 82.1 Å². The number of ketones is 1. The summed E-state index contributed by atoms with van der Waals surface area (Å²) in [7, 11) is 1.58. The molecule has 1 aliphatic heterocycles. The molecule has 0 aliphatic carbocycles. The Balaban J connectivity index is 2.01. The Morgan fingerprint density at radius 3 is 2.58 bits per heavy atom. The number of nitrogens with zero attached hydrogens (tertiary/aromatic N) is 5. The van der Waals surface area contributed by atoms with Crippen LogP contribution in [0, 0.1) is 0 Å². The first-order valence-electron chi connectivity index (χ1n) is 8.51. The molecule has 0 spiro atoms. The molecule has 1 aromatic carbocycles. The van der Waals surface area contributed by atoms with Crippen LogP contribution in [-0.2, 0) is 24.9 Å². The van der Waals surface area contributed by atoms with Crippen LogP contribution in [0.2, 0.25) is 0 Å². The second-order valence-electron chi connectivity index (χ2n) is 6.51. The lowest BCUT2D eigenvalue weighted by Gasteiger charge is -2.28. The van der Waals surface area contributed by atoms with Crippen LogP contribution in [0.4, 0.5) is 11.6 Å². The van der Waals surface area contributed by atoms with E-state index in [2.05, 4.69) is 4.98 Å². The molecule has 4 rings (SSSR count). The van der Waals surface area contributed by atoms with E-state index in [9.17, 15) is 14.4 Å². The molecule has 1 aliphatic rings. The molecule has 3 heterocycles. The normalized spacial score (nSPS) is 13.8. The van der Waals surface area contributed by atoms with Crippen molar-refractivity contribution < 1.29 is 4.79 Å². The summed E-state index contributed by atoms with van der Waals surface area (Å²) >= 11 is 0. The van der Waals surface area contributed by atoms with Crippen molar-refractivity contribution in [3.63, 3.8) is 0 Å². The van der Waals surface area contributed by atoms with Crippen LogP contribution in [0.15, 0.2) is 39.9 Å². The summed E-state index contributed by atoms with van der Waals surface area (Å²) in [5.41, 5.74) is 0.700. The Kier molecular flexibility index (Phi) is 3.75. The summed E-state index contributed by atoms with van der Waals surface area (Å²) in [6.45, 7) is 2.55. The molecule has 0 radical (unpaired) electrons. The molecule has 0 atom stereocenters. The third-order valence-electron chi connectivity index (χ3n) is 4.67. The van der Waals surface area contributed by atoms with Crippen molar-refractivity contribution in [2.75, 3.05) is 11.4 Å². The van der Waals surface area contributed by atoms with Gasteiger partial charge in [0.1, 0.15) is 5.78 Å². The van der Waals surface area contributed by atoms with Gasteiger partial charge in [-0.2, -0.15) is 4.98 Å². The molecule has 0 N–H and O–H groups in total. The van der Waals surface area contributed by atoms with E-state index < -0.39 is 11.2 Å². The Morgan fingerprint density at radius 2 is 1.88 bits per heavy atom. The molecule has 8 heteroatoms. The fourth-order valence-electron chi connectivity index (χ4n) is 3.48. The van der Waals surface area contributed by atoms with Crippen molar-refractivity contribution in [2.45, 2.75) is 26.4 Å². The van der Waals surface area contributed by atoms with E-state index in [-0.39, 0.29) is 12.3 Å². The van der Waals surface area contributed by atoms with Crippen LogP contribution >= 0.6 is 0 Å². The number of benzene rings is 1. The van der Waals surface area contributed by atoms with Crippen molar-refractivity contribution in [2.24, 2.45) is 7.05 Å². The highest BCUT2D eigenvalue weighted by molar-refractivity contribution is 5.78. The van der Waals surface area contributed by atoms with E-state index in [0.717, 1.165) is 23.2 Å². The van der Waals surface area contributed by atoms with Crippen molar-refractivity contribution in [3.05, 3.63) is 51.2 Å². The highest BCUT2D eigenvalue weighted by Crippen LogP contribution is 2.30. The van der Waals surface area contributed by atoms with E-state index in [0.29, 0.717) is 23.7 Å². The van der Waals surface area contributed by atoms with E-state index in [4.69, 9.17) is 0 Å². The maximum Gasteiger partial charge on any atom is 0.332 e. The van der Waals surface area contributed by atoms with Gasteiger partial charge in [0.25, 0.3) is 5.56 Å². The van der Waals surface area contributed by atoms with Crippen molar-refractivity contribution in [1.82, 2.24) is 18.7 Å². The lowest BCUT2D eigenvalue weighted by Crippen LogP contribution is -2.41. The highest BCUT2D eigenvalue weighted by atomic mass is 16.2. The van der Waals surface area contributed by atoms with Crippen LogP contribution in [0.3, 0.4) is 0 Å². The van der Waals surface area contributed by atoms with E-state index in [1.54, 1.807) is 7.05 Å². The molecule has 134 valence electrons. The summed E-state index contributed by atoms with van der Waals surface area (Å²) in [5.74, 6) is 0.401. The van der Waals surface area contributed by atoms with Gasteiger partial charge in [0, 0.05) is 25.8 Å². The minimum atomic E-state index is -0.528. The summed E-state index contributed by atoms with van der Waals surface area (Å²) in [4.78, 5) is 43.6. The number of imidazole rings is 1. The van der Waals surface area contributed by atoms with Crippen LogP contribution in [0.5, 0.6) is 0 Å². The first-order chi connectivity index (χ1) is 12.5. The minimum absolute atomic E-state index is 0.232. The number of rotatable bonds is 3. The smallest absolute Gasteiger partial charge is 0.312 e. The van der Waals surface area contributed by atoms with Crippen molar-refractivity contribution in [1.29, 1.82) is 0 Å². The van der Waals surface area contributed by atoms with Gasteiger partial charge >= 0.3 is 5.69 Å². The molecule has 8 nitrogen and oxygen atoms in total. The number of hydrogen-bond donors (Lipinski definition) is 0. The Hall–Kier alpha value is -3.16. The van der Waals surface area contributed by atoms with Gasteiger partial charge in [-0.3, -0.25) is 18.7 Å². The summed E-state index contributed by atoms with van der Waals surface area (Å²) in [6, 6.07) is 9.82. The molecule has 0 saturated heterocycles. The molecule has 0 amide bonds. The van der Waals surface area contributed by atoms with E-state index in [1.165, 1.54) is 11.5 Å². The molecular formula is C18H19N5O3. The Morgan fingerprint density at radius 1 is 1.15 bits per heavy atom. The van der Waals surface area contributed by atoms with Crippen molar-refractivity contribution in [3.8, 4) is 0 Å². The molecule has 26 heavy (non-hydrogen) atoms. The lowest BCUT2D eigenvalue weighted by atomic mass is 10.2. The summed E-state index contributed by atoms with van der Waals surface area (Å²) in [5, 5.41) is 0. The van der Waals surface area contributed by atoms with Crippen LogP contribution in [0.25, 0.3) is 11.2 Å². The minimum Gasteiger partial charge on any atom is -0.312 e. The van der Waals surface area contributed by atoms with Gasteiger partial charge in [-0.05, 0) is 25.5 Å². The molecular weight excluding hydrogens is 334 g/mol. The molecule has 0 unspecified atom stereocenters. The Bertz CT molecular complexity index is 1120. The average molecular weight is 353 g/mol. The average Bonchev–Trinajstić information content (AvgIpc) is 3.04. The number of fused-ring (bicyclic) bond motifs is 3. The number of carbonyl (C=O) groups excluding carboxylic acids is 1. The van der Waals surface area contributed by atoms with Gasteiger partial charge in [-0.1, -0.05) is 18.2 Å². The second kappa shape index (κ2) is 5.98. The standard InChI is InChI=1S/C18H19N5O3/c1-12(24)11-23-16(25)14-15(20(2)18(23)26)19-17-21(9-6-10-22(14)17)13-7-4-3-5-8-13/h3-5,7-8H,6,9-11H2,1-2H3. The Labute approximate surface area is 148 Å². The highest BCUT2D eigenvalue weighted by Gasteiger charge is 2.26. The number of carbonyl (C=O) groups is 1. The van der Waals surface area contributed by atoms with E-state index >= 15 is 0 Å². The summed E-state index contributed by atoms with van der Waals surface area (Å²) < 4.78 is 4.18. The molecule has 3 aromatic rings. The fraction of sp³-hybridized carbons (Fsp3) is 0.333. The number of para-hydroxylation sites is 1. The van der Waals surface area contributed by atoms with Gasteiger partial charge in [-0.25, -0.2) is 4.79 Å². The SMILES string of the molecule is CC(=O)Cn1c(=O)c2c(nc3n2CCCN3c2ccccc2)n(C)c1=O. The van der Waals surface area contributed by atoms with E-state index in [1.807, 2.05) is 39.8 Å². The lowest BCUT2D eigenvalue weighted by molar-refractivity contribution is -0.117. The number of hydrogen-bond acceptors (Lipinski definition) is 5. The largest absolute Gasteiger partial charge is 0.332 e. The number of Topliss-reactive ketones (excluding diaryl/α,β-unsaturated/α-hetero) is 1. The summed E-state index contributed by atoms with van der Waals surface area (Å²) in [6.07, 6.45) is 0.850. The second-order valence-corrected chi connectivity index (χ2v) is 6.51. The van der Waals surface area contributed by atoms with Gasteiger partial charge in [-0.15, -0.1) is 0 Å². The molecule has 0 fully saturated rings. The molecule has 2 aromatic heterocycles. The predicted octanol–water partition coefficient (Wildman–Crippen LogP) is 1.03. The van der Waals surface area contributed by atoms with Gasteiger partial charge in [0.15, 0.2) is 11.2 Å². The number of anilines is 2. The van der Waals surface area contributed by atoms with Crippen molar-refractivity contribution >= 4 is 28.6 Å². The number of aromatic nitrogens is 4. The monoisotopic (exact) mass is 353 g/mol. The van der Waals surface area contributed by atoms with Gasteiger partial charge in [0.2, 0.25) is 5.95 Å². The molecule has 0 bridgehead atoms. The zero-order valence-corrected chi connectivity index (χ0v) is 14.7. The maximum atomic E-state index is 12.9. The van der Waals surface area contributed by atoms with Crippen LogP contribution < -0.4 is 16.1 Å². The fourth-order valence-corrected chi connectivity index (χ4v) is 3.48. The zero-order valence-electron chi connectivity index (χ0n) is 14.7. The van der Waals surface area contributed by atoms with Gasteiger partial charge < -0.3 is 9.47 Å². The third-order valence-corrected chi connectivity index (χ3v) is 4.67. The number of aryl methyl sites for hydroxylation is 2.